The summed E-state index contributed by atoms with van der Waals surface area (Å²) < 4.78 is 3.26. The quantitative estimate of drug-likeness (QED) is 0.617. The maximum Gasteiger partial charge on any atom is 0.270 e. The first-order chi connectivity index (χ1) is 12.2. The summed E-state index contributed by atoms with van der Waals surface area (Å²) in [6.45, 7) is 4.49. The summed E-state index contributed by atoms with van der Waals surface area (Å²) in [5, 5.41) is 1.20. The third-order valence-electron chi connectivity index (χ3n) is 4.93. The molecule has 3 aromatic rings. The lowest BCUT2D eigenvalue weighted by atomic mass is 10.0. The number of carbonyl (C=O) groups excluding carboxylic acids is 1. The number of benzene rings is 2. The van der Waals surface area contributed by atoms with Crippen LogP contribution in [0.15, 0.2) is 53.0 Å². The van der Waals surface area contributed by atoms with Crippen molar-refractivity contribution in [3.05, 3.63) is 69.8 Å². The van der Waals surface area contributed by atoms with E-state index in [9.17, 15) is 4.79 Å². The molecule has 0 unspecified atom stereocenters. The van der Waals surface area contributed by atoms with Crippen molar-refractivity contribution in [2.24, 2.45) is 0 Å². The SMILES string of the molecule is CCCN1CCc2c(n(Cc3ccccc3)c3ccc(Br)cc23)C1=O. The average Bonchev–Trinajstić information content (AvgIpc) is 2.92. The fourth-order valence-corrected chi connectivity index (χ4v) is 4.17. The van der Waals surface area contributed by atoms with E-state index in [4.69, 9.17) is 0 Å². The Labute approximate surface area is 156 Å². The van der Waals surface area contributed by atoms with Crippen molar-refractivity contribution in [2.75, 3.05) is 13.1 Å². The van der Waals surface area contributed by atoms with E-state index in [0.29, 0.717) is 0 Å². The van der Waals surface area contributed by atoms with Gasteiger partial charge in [0.1, 0.15) is 5.69 Å². The average molecular weight is 397 g/mol. The molecule has 2 heterocycles. The van der Waals surface area contributed by atoms with Crippen LogP contribution in [0, 0.1) is 0 Å². The zero-order valence-corrected chi connectivity index (χ0v) is 15.9. The Hall–Kier alpha value is -2.07. The molecule has 0 atom stereocenters. The van der Waals surface area contributed by atoms with E-state index in [1.807, 2.05) is 11.0 Å². The van der Waals surface area contributed by atoms with E-state index in [2.05, 4.69) is 69.9 Å². The van der Waals surface area contributed by atoms with Crippen LogP contribution in [0.5, 0.6) is 0 Å². The Morgan fingerprint density at radius 1 is 1.12 bits per heavy atom. The van der Waals surface area contributed by atoms with Crippen LogP contribution < -0.4 is 0 Å². The predicted molar refractivity (Wildman–Crippen MR) is 105 cm³/mol. The van der Waals surface area contributed by atoms with Crippen molar-refractivity contribution in [3.63, 3.8) is 0 Å². The maximum absolute atomic E-state index is 13.2. The molecule has 4 rings (SSSR count). The van der Waals surface area contributed by atoms with Crippen LogP contribution >= 0.6 is 15.9 Å². The van der Waals surface area contributed by atoms with Crippen molar-refractivity contribution < 1.29 is 4.79 Å². The van der Waals surface area contributed by atoms with Gasteiger partial charge in [-0.1, -0.05) is 53.2 Å². The fourth-order valence-electron chi connectivity index (χ4n) is 3.81. The highest BCUT2D eigenvalue weighted by Gasteiger charge is 2.30. The number of nitrogens with zero attached hydrogens (tertiary/aromatic N) is 2. The summed E-state index contributed by atoms with van der Waals surface area (Å²) in [5.41, 5.74) is 4.43. The molecule has 1 aliphatic heterocycles. The first kappa shape index (κ1) is 16.4. The molecule has 0 bridgehead atoms. The van der Waals surface area contributed by atoms with Crippen molar-refractivity contribution in [1.82, 2.24) is 9.47 Å². The van der Waals surface area contributed by atoms with Crippen LogP contribution in [-0.2, 0) is 13.0 Å². The number of rotatable bonds is 4. The second kappa shape index (κ2) is 6.68. The summed E-state index contributed by atoms with van der Waals surface area (Å²) in [5.74, 6) is 0.173. The third kappa shape index (κ3) is 2.89. The molecule has 0 saturated carbocycles. The zero-order chi connectivity index (χ0) is 17.4. The predicted octanol–water partition coefficient (Wildman–Crippen LogP) is 4.86. The lowest BCUT2D eigenvalue weighted by Crippen LogP contribution is -2.39. The van der Waals surface area contributed by atoms with Gasteiger partial charge in [0.15, 0.2) is 0 Å². The van der Waals surface area contributed by atoms with Gasteiger partial charge >= 0.3 is 0 Å². The minimum atomic E-state index is 0.173. The van der Waals surface area contributed by atoms with Crippen molar-refractivity contribution in [1.29, 1.82) is 0 Å². The molecule has 3 nitrogen and oxygen atoms in total. The number of halogens is 1. The largest absolute Gasteiger partial charge is 0.337 e. The van der Waals surface area contributed by atoms with Crippen molar-refractivity contribution in [2.45, 2.75) is 26.3 Å². The lowest BCUT2D eigenvalue weighted by molar-refractivity contribution is 0.0729. The molecule has 128 valence electrons. The summed E-state index contributed by atoms with van der Waals surface area (Å²) in [6.07, 6.45) is 1.92. The number of fused-ring (bicyclic) bond motifs is 3. The first-order valence-corrected chi connectivity index (χ1v) is 9.62. The van der Waals surface area contributed by atoms with Crippen molar-refractivity contribution >= 4 is 32.7 Å². The second-order valence-corrected chi connectivity index (χ2v) is 7.52. The lowest BCUT2D eigenvalue weighted by Gasteiger charge is -2.28. The van der Waals surface area contributed by atoms with Crippen LogP contribution in [0.3, 0.4) is 0 Å². The zero-order valence-electron chi connectivity index (χ0n) is 14.3. The van der Waals surface area contributed by atoms with Crippen LogP contribution in [0.1, 0.15) is 35.0 Å². The summed E-state index contributed by atoms with van der Waals surface area (Å²) in [4.78, 5) is 15.2. The van der Waals surface area contributed by atoms with Crippen LogP contribution in [0.2, 0.25) is 0 Å². The van der Waals surface area contributed by atoms with Gasteiger partial charge in [0, 0.05) is 35.0 Å². The van der Waals surface area contributed by atoms with Crippen molar-refractivity contribution in [3.8, 4) is 0 Å². The normalized spacial score (nSPS) is 14.2. The van der Waals surface area contributed by atoms with E-state index in [0.717, 1.165) is 48.2 Å². The van der Waals surface area contributed by atoms with Crippen LogP contribution in [-0.4, -0.2) is 28.5 Å². The highest BCUT2D eigenvalue weighted by Crippen LogP contribution is 2.33. The monoisotopic (exact) mass is 396 g/mol. The molecule has 1 aliphatic rings. The van der Waals surface area contributed by atoms with E-state index in [-0.39, 0.29) is 5.91 Å². The Kier molecular flexibility index (Phi) is 4.38. The van der Waals surface area contributed by atoms with E-state index >= 15 is 0 Å². The molecular formula is C21H21BrN2O. The van der Waals surface area contributed by atoms with Gasteiger partial charge in [-0.05, 0) is 42.2 Å². The summed E-state index contributed by atoms with van der Waals surface area (Å²) >= 11 is 3.58. The molecule has 1 amide bonds. The molecule has 1 aromatic heterocycles. The highest BCUT2D eigenvalue weighted by atomic mass is 79.9. The minimum Gasteiger partial charge on any atom is -0.337 e. The summed E-state index contributed by atoms with van der Waals surface area (Å²) in [7, 11) is 0. The number of hydrogen-bond acceptors (Lipinski definition) is 1. The molecule has 0 spiro atoms. The second-order valence-electron chi connectivity index (χ2n) is 6.60. The molecule has 0 radical (unpaired) electrons. The molecule has 0 saturated heterocycles. The molecule has 2 aromatic carbocycles. The van der Waals surface area contributed by atoms with Gasteiger partial charge in [-0.2, -0.15) is 0 Å². The molecule has 0 fully saturated rings. The molecular weight excluding hydrogens is 376 g/mol. The number of amides is 1. The smallest absolute Gasteiger partial charge is 0.270 e. The summed E-state index contributed by atoms with van der Waals surface area (Å²) in [6, 6.07) is 16.7. The first-order valence-electron chi connectivity index (χ1n) is 8.83. The van der Waals surface area contributed by atoms with Gasteiger partial charge in [-0.25, -0.2) is 0 Å². The molecule has 0 N–H and O–H groups in total. The Morgan fingerprint density at radius 2 is 1.92 bits per heavy atom. The van der Waals surface area contributed by atoms with E-state index in [1.165, 1.54) is 16.5 Å². The van der Waals surface area contributed by atoms with Crippen LogP contribution in [0.25, 0.3) is 10.9 Å². The van der Waals surface area contributed by atoms with Gasteiger partial charge in [0.25, 0.3) is 5.91 Å². The number of aromatic nitrogens is 1. The molecule has 4 heteroatoms. The van der Waals surface area contributed by atoms with E-state index in [1.54, 1.807) is 0 Å². The van der Waals surface area contributed by atoms with Crippen LogP contribution in [0.4, 0.5) is 0 Å². The van der Waals surface area contributed by atoms with Gasteiger partial charge in [0.2, 0.25) is 0 Å². The van der Waals surface area contributed by atoms with E-state index < -0.39 is 0 Å². The molecule has 0 aliphatic carbocycles. The van der Waals surface area contributed by atoms with Gasteiger partial charge in [-0.15, -0.1) is 0 Å². The van der Waals surface area contributed by atoms with Gasteiger partial charge in [-0.3, -0.25) is 4.79 Å². The highest BCUT2D eigenvalue weighted by molar-refractivity contribution is 9.10. The number of carbonyl (C=O) groups is 1. The molecule has 25 heavy (non-hydrogen) atoms. The standard InChI is InChI=1S/C21H21BrN2O/c1-2-11-23-12-10-17-18-13-16(22)8-9-19(18)24(20(17)21(23)25)14-15-6-4-3-5-7-15/h3-9,13H,2,10-12,14H2,1H3. The Morgan fingerprint density at radius 3 is 2.68 bits per heavy atom. The van der Waals surface area contributed by atoms with Gasteiger partial charge in [0.05, 0.1) is 0 Å². The number of hydrogen-bond donors (Lipinski definition) is 0. The Bertz CT molecular complexity index is 930. The topological polar surface area (TPSA) is 25.2 Å². The Balaban J connectivity index is 1.90. The third-order valence-corrected chi connectivity index (χ3v) is 5.42. The minimum absolute atomic E-state index is 0.173. The maximum atomic E-state index is 13.2. The van der Waals surface area contributed by atoms with Gasteiger partial charge < -0.3 is 9.47 Å². The fraction of sp³-hybridized carbons (Fsp3) is 0.286.